The first kappa shape index (κ1) is 17.9. The Balaban J connectivity index is 1.71. The summed E-state index contributed by atoms with van der Waals surface area (Å²) in [6.07, 6.45) is 0. The summed E-state index contributed by atoms with van der Waals surface area (Å²) < 4.78 is 14.5. The number of para-hydroxylation sites is 1. The van der Waals surface area contributed by atoms with Gasteiger partial charge in [0.25, 0.3) is 0 Å². The summed E-state index contributed by atoms with van der Waals surface area (Å²) in [6, 6.07) is 15.8. The van der Waals surface area contributed by atoms with Crippen LogP contribution in [0.3, 0.4) is 0 Å². The van der Waals surface area contributed by atoms with E-state index in [0.717, 1.165) is 4.88 Å². The standard InChI is InChI=1S/C20H15FN4O2S/c21-13-7-9-14(10-8-13)22-19(26)24-18-16-5-1-2-6-17(16)23-20(27)25(18)12-15-4-3-11-28-15/h1-11H,12H2,(H2,22,24,26). The highest BCUT2D eigenvalue weighted by Crippen LogP contribution is 2.22. The van der Waals surface area contributed by atoms with Crippen molar-refractivity contribution in [3.05, 3.63) is 87.2 Å². The summed E-state index contributed by atoms with van der Waals surface area (Å²) >= 11 is 1.51. The molecule has 0 saturated carbocycles. The van der Waals surface area contributed by atoms with E-state index in [-0.39, 0.29) is 0 Å². The Morgan fingerprint density at radius 2 is 1.82 bits per heavy atom. The van der Waals surface area contributed by atoms with Gasteiger partial charge in [-0.2, -0.15) is 4.98 Å². The van der Waals surface area contributed by atoms with Crippen LogP contribution in [0.1, 0.15) is 4.88 Å². The molecule has 0 unspecified atom stereocenters. The van der Waals surface area contributed by atoms with E-state index in [1.807, 2.05) is 23.6 Å². The first-order chi connectivity index (χ1) is 13.6. The molecule has 0 bridgehead atoms. The predicted molar refractivity (Wildman–Crippen MR) is 108 cm³/mol. The van der Waals surface area contributed by atoms with E-state index < -0.39 is 17.5 Å². The number of hydrogen-bond donors (Lipinski definition) is 2. The lowest BCUT2D eigenvalue weighted by molar-refractivity contribution is 0.262. The third-order valence-corrected chi connectivity index (χ3v) is 4.97. The average molecular weight is 394 g/mol. The number of hydrogen-bond acceptors (Lipinski definition) is 4. The van der Waals surface area contributed by atoms with Gasteiger partial charge in [0.2, 0.25) is 0 Å². The van der Waals surface area contributed by atoms with Crippen molar-refractivity contribution in [2.24, 2.45) is 0 Å². The van der Waals surface area contributed by atoms with E-state index in [1.165, 1.54) is 40.2 Å². The Bertz CT molecular complexity index is 1190. The number of nitrogens with one attached hydrogen (secondary N) is 2. The van der Waals surface area contributed by atoms with Crippen molar-refractivity contribution in [3.8, 4) is 0 Å². The van der Waals surface area contributed by atoms with Crippen LogP contribution >= 0.6 is 11.3 Å². The highest BCUT2D eigenvalue weighted by atomic mass is 32.1. The summed E-state index contributed by atoms with van der Waals surface area (Å²) in [5, 5.41) is 7.96. The molecule has 0 atom stereocenters. The van der Waals surface area contributed by atoms with Gasteiger partial charge >= 0.3 is 11.7 Å². The minimum absolute atomic E-state index is 0.292. The topological polar surface area (TPSA) is 76.0 Å². The van der Waals surface area contributed by atoms with Crippen molar-refractivity contribution >= 4 is 39.8 Å². The maximum Gasteiger partial charge on any atom is 0.350 e. The van der Waals surface area contributed by atoms with Crippen molar-refractivity contribution in [2.75, 3.05) is 10.6 Å². The van der Waals surface area contributed by atoms with E-state index in [9.17, 15) is 14.0 Å². The van der Waals surface area contributed by atoms with Crippen LogP contribution in [0.5, 0.6) is 0 Å². The molecule has 2 aromatic heterocycles. The van der Waals surface area contributed by atoms with Gasteiger partial charge in [-0.15, -0.1) is 11.3 Å². The van der Waals surface area contributed by atoms with E-state index in [4.69, 9.17) is 0 Å². The third kappa shape index (κ3) is 3.77. The second kappa shape index (κ2) is 7.61. The minimum Gasteiger partial charge on any atom is -0.308 e. The number of urea groups is 1. The Kier molecular flexibility index (Phi) is 4.86. The van der Waals surface area contributed by atoms with Crippen LogP contribution in [0.15, 0.2) is 70.8 Å². The molecule has 28 heavy (non-hydrogen) atoms. The van der Waals surface area contributed by atoms with Crippen molar-refractivity contribution in [2.45, 2.75) is 6.54 Å². The largest absolute Gasteiger partial charge is 0.350 e. The van der Waals surface area contributed by atoms with Gasteiger partial charge in [0.1, 0.15) is 11.6 Å². The molecule has 2 aromatic carbocycles. The molecule has 4 rings (SSSR count). The zero-order valence-electron chi connectivity index (χ0n) is 14.6. The first-order valence-corrected chi connectivity index (χ1v) is 9.33. The normalized spacial score (nSPS) is 10.8. The number of benzene rings is 2. The fraction of sp³-hybridized carbons (Fsp3) is 0.0500. The van der Waals surface area contributed by atoms with Crippen LogP contribution in [0.25, 0.3) is 10.9 Å². The van der Waals surface area contributed by atoms with Gasteiger partial charge in [-0.25, -0.2) is 14.0 Å². The number of rotatable bonds is 4. The summed E-state index contributed by atoms with van der Waals surface area (Å²) in [4.78, 5) is 30.2. The molecule has 2 amide bonds. The molecule has 0 aliphatic rings. The number of fused-ring (bicyclic) bond motifs is 1. The maximum absolute atomic E-state index is 13.1. The van der Waals surface area contributed by atoms with Gasteiger partial charge in [-0.1, -0.05) is 18.2 Å². The molecule has 8 heteroatoms. The molecule has 0 aliphatic carbocycles. The van der Waals surface area contributed by atoms with Crippen LogP contribution in [0.2, 0.25) is 0 Å². The third-order valence-electron chi connectivity index (χ3n) is 4.10. The zero-order valence-corrected chi connectivity index (χ0v) is 15.4. The van der Waals surface area contributed by atoms with E-state index in [0.29, 0.717) is 29.0 Å². The van der Waals surface area contributed by atoms with Crippen LogP contribution in [-0.2, 0) is 6.54 Å². The summed E-state index contributed by atoms with van der Waals surface area (Å²) in [7, 11) is 0. The lowest BCUT2D eigenvalue weighted by atomic mass is 10.2. The van der Waals surface area contributed by atoms with Crippen LogP contribution in [0, 0.1) is 5.82 Å². The maximum atomic E-state index is 13.1. The molecule has 2 heterocycles. The molecule has 0 spiro atoms. The van der Waals surface area contributed by atoms with Gasteiger partial charge in [-0.05, 0) is 47.8 Å². The van der Waals surface area contributed by atoms with Gasteiger partial charge in [0.05, 0.1) is 12.1 Å². The van der Waals surface area contributed by atoms with E-state index >= 15 is 0 Å². The van der Waals surface area contributed by atoms with Crippen LogP contribution in [-0.4, -0.2) is 15.6 Å². The Morgan fingerprint density at radius 3 is 2.57 bits per heavy atom. The molecule has 0 fully saturated rings. The molecule has 2 N–H and O–H groups in total. The van der Waals surface area contributed by atoms with Gasteiger partial charge in [0, 0.05) is 16.0 Å². The lowest BCUT2D eigenvalue weighted by Gasteiger charge is -2.15. The number of carbonyl (C=O) groups excluding carboxylic acids is 1. The number of anilines is 2. The molecule has 0 radical (unpaired) electrons. The predicted octanol–water partition coefficient (Wildman–Crippen LogP) is 4.29. The Hall–Kier alpha value is -3.52. The van der Waals surface area contributed by atoms with Crippen molar-refractivity contribution in [3.63, 3.8) is 0 Å². The van der Waals surface area contributed by atoms with Gasteiger partial charge in [-0.3, -0.25) is 9.88 Å². The van der Waals surface area contributed by atoms with Crippen molar-refractivity contribution in [1.29, 1.82) is 0 Å². The average Bonchev–Trinajstić information content (AvgIpc) is 3.19. The van der Waals surface area contributed by atoms with E-state index in [1.54, 1.807) is 18.2 Å². The fourth-order valence-electron chi connectivity index (χ4n) is 2.82. The van der Waals surface area contributed by atoms with Crippen molar-refractivity contribution < 1.29 is 9.18 Å². The second-order valence-corrected chi connectivity index (χ2v) is 7.04. The summed E-state index contributed by atoms with van der Waals surface area (Å²) in [5.41, 5.74) is 0.473. The number of carbonyl (C=O) groups is 1. The van der Waals surface area contributed by atoms with Gasteiger partial charge < -0.3 is 5.32 Å². The van der Waals surface area contributed by atoms with Crippen molar-refractivity contribution in [1.82, 2.24) is 9.55 Å². The molecule has 140 valence electrons. The SMILES string of the molecule is O=C(Nc1ccc(F)cc1)Nc1c2ccccc2nc(=O)n1Cc1cccs1. The number of halogens is 1. The molecule has 0 aliphatic heterocycles. The number of amides is 2. The summed E-state index contributed by atoms with van der Waals surface area (Å²) in [6.45, 7) is 0.292. The zero-order chi connectivity index (χ0) is 19.5. The first-order valence-electron chi connectivity index (χ1n) is 8.46. The second-order valence-electron chi connectivity index (χ2n) is 6.01. The van der Waals surface area contributed by atoms with Crippen LogP contribution < -0.4 is 16.3 Å². The highest BCUT2D eigenvalue weighted by molar-refractivity contribution is 7.09. The van der Waals surface area contributed by atoms with Gasteiger partial charge in [0.15, 0.2) is 0 Å². The van der Waals surface area contributed by atoms with Crippen LogP contribution in [0.4, 0.5) is 20.7 Å². The fourth-order valence-corrected chi connectivity index (χ4v) is 3.51. The number of thiophene rings is 1. The monoisotopic (exact) mass is 394 g/mol. The Labute approximate surface area is 163 Å². The molecular weight excluding hydrogens is 379 g/mol. The minimum atomic E-state index is -0.540. The molecular formula is C20H15FN4O2S. The molecule has 6 nitrogen and oxygen atoms in total. The van der Waals surface area contributed by atoms with E-state index in [2.05, 4.69) is 15.6 Å². The lowest BCUT2D eigenvalue weighted by Crippen LogP contribution is -2.30. The quantitative estimate of drug-likeness (QED) is 0.542. The highest BCUT2D eigenvalue weighted by Gasteiger charge is 2.15. The molecule has 0 saturated heterocycles. The smallest absolute Gasteiger partial charge is 0.308 e. The number of aromatic nitrogens is 2. The Morgan fingerprint density at radius 1 is 1.04 bits per heavy atom. The summed E-state index contributed by atoms with van der Waals surface area (Å²) in [5.74, 6) is -0.0421. The molecule has 4 aromatic rings. The number of nitrogens with zero attached hydrogens (tertiary/aromatic N) is 2.